The molecule has 0 spiro atoms. The van der Waals surface area contributed by atoms with Gasteiger partial charge in [-0.05, 0) is 38.6 Å². The fourth-order valence-electron chi connectivity index (χ4n) is 3.53. The quantitative estimate of drug-likeness (QED) is 0.654. The predicted octanol–water partition coefficient (Wildman–Crippen LogP) is 1.72. The summed E-state index contributed by atoms with van der Waals surface area (Å²) < 4.78 is 0. The van der Waals surface area contributed by atoms with Crippen LogP contribution < -0.4 is 16.0 Å². The van der Waals surface area contributed by atoms with E-state index in [2.05, 4.69) is 22.9 Å². The van der Waals surface area contributed by atoms with Crippen molar-refractivity contribution < 1.29 is 9.59 Å². The minimum Gasteiger partial charge on any atom is -0.354 e. The summed E-state index contributed by atoms with van der Waals surface area (Å²) in [5, 5.41) is 9.45. The molecule has 2 fully saturated rings. The molecule has 22 heavy (non-hydrogen) atoms. The number of piperidine rings is 1. The van der Waals surface area contributed by atoms with E-state index < -0.39 is 5.54 Å². The van der Waals surface area contributed by atoms with E-state index in [-0.39, 0.29) is 17.7 Å². The molecule has 126 valence electrons. The molecule has 2 rings (SSSR count). The van der Waals surface area contributed by atoms with Gasteiger partial charge in [0, 0.05) is 13.1 Å². The van der Waals surface area contributed by atoms with Crippen LogP contribution in [0.25, 0.3) is 0 Å². The molecule has 5 heteroatoms. The molecule has 0 bridgehead atoms. The van der Waals surface area contributed by atoms with Crippen molar-refractivity contribution in [3.05, 3.63) is 0 Å². The molecule has 0 aromatic carbocycles. The minimum atomic E-state index is -0.666. The van der Waals surface area contributed by atoms with Crippen molar-refractivity contribution in [3.8, 4) is 0 Å². The molecule has 1 saturated carbocycles. The van der Waals surface area contributed by atoms with Crippen molar-refractivity contribution in [3.63, 3.8) is 0 Å². The number of hydrogen-bond acceptors (Lipinski definition) is 3. The van der Waals surface area contributed by atoms with E-state index in [1.54, 1.807) is 0 Å². The largest absolute Gasteiger partial charge is 0.354 e. The summed E-state index contributed by atoms with van der Waals surface area (Å²) in [5.41, 5.74) is -0.666. The third-order valence-electron chi connectivity index (χ3n) is 4.99. The second-order valence-corrected chi connectivity index (χ2v) is 6.78. The van der Waals surface area contributed by atoms with Gasteiger partial charge in [0.05, 0.1) is 5.92 Å². The highest BCUT2D eigenvalue weighted by Crippen LogP contribution is 2.29. The molecule has 1 saturated heterocycles. The Bertz CT molecular complexity index is 372. The van der Waals surface area contributed by atoms with Crippen LogP contribution >= 0.6 is 0 Å². The summed E-state index contributed by atoms with van der Waals surface area (Å²) in [6.45, 7) is 4.55. The highest BCUT2D eigenvalue weighted by atomic mass is 16.2. The Hall–Kier alpha value is -1.10. The topological polar surface area (TPSA) is 70.2 Å². The van der Waals surface area contributed by atoms with Gasteiger partial charge >= 0.3 is 0 Å². The van der Waals surface area contributed by atoms with Crippen LogP contribution in [-0.4, -0.2) is 37.0 Å². The van der Waals surface area contributed by atoms with E-state index in [0.717, 1.165) is 70.9 Å². The van der Waals surface area contributed by atoms with Crippen LogP contribution in [0.5, 0.6) is 0 Å². The molecule has 0 radical (unpaired) electrons. The van der Waals surface area contributed by atoms with Crippen LogP contribution in [0.4, 0.5) is 0 Å². The lowest BCUT2D eigenvalue weighted by Gasteiger charge is -2.38. The van der Waals surface area contributed by atoms with E-state index in [0.29, 0.717) is 6.54 Å². The molecular formula is C17H31N3O2. The molecule has 2 aliphatic rings. The highest BCUT2D eigenvalue weighted by molar-refractivity contribution is 5.92. The summed E-state index contributed by atoms with van der Waals surface area (Å²) in [4.78, 5) is 25.2. The average Bonchev–Trinajstić information content (AvgIpc) is 2.56. The zero-order chi connectivity index (χ0) is 15.8. The molecule has 1 aliphatic carbocycles. The number of carbonyl (C=O) groups is 2. The maximum Gasteiger partial charge on any atom is 0.245 e. The maximum atomic E-state index is 12.7. The van der Waals surface area contributed by atoms with Gasteiger partial charge in [0.2, 0.25) is 11.8 Å². The van der Waals surface area contributed by atoms with Gasteiger partial charge in [-0.25, -0.2) is 0 Å². The normalized spacial score (nSPS) is 24.5. The number of amides is 2. The summed E-state index contributed by atoms with van der Waals surface area (Å²) in [6.07, 6.45) is 8.75. The minimum absolute atomic E-state index is 0.0102. The molecular weight excluding hydrogens is 278 g/mol. The molecule has 3 N–H and O–H groups in total. The molecule has 1 atom stereocenters. The van der Waals surface area contributed by atoms with Crippen molar-refractivity contribution in [2.24, 2.45) is 5.92 Å². The van der Waals surface area contributed by atoms with Crippen LogP contribution in [0.3, 0.4) is 0 Å². The van der Waals surface area contributed by atoms with Gasteiger partial charge in [-0.15, -0.1) is 0 Å². The summed E-state index contributed by atoms with van der Waals surface area (Å²) in [6, 6.07) is 0. The summed E-state index contributed by atoms with van der Waals surface area (Å²) >= 11 is 0. The standard InChI is InChI=1S/C17H31N3O2/c1-2-3-12-19-16(22)17(9-5-4-6-10-17)20-15(21)14-8-7-11-18-13-14/h14,18H,2-13H2,1H3,(H,19,22)(H,20,21). The Morgan fingerprint density at radius 2 is 1.95 bits per heavy atom. The molecule has 0 aromatic heterocycles. The average molecular weight is 309 g/mol. The maximum absolute atomic E-state index is 12.7. The first-order valence-corrected chi connectivity index (χ1v) is 8.99. The number of rotatable bonds is 6. The van der Waals surface area contributed by atoms with Crippen LogP contribution in [0.1, 0.15) is 64.7 Å². The smallest absolute Gasteiger partial charge is 0.245 e. The third kappa shape index (κ3) is 4.45. The van der Waals surface area contributed by atoms with Gasteiger partial charge in [0.1, 0.15) is 5.54 Å². The Balaban J connectivity index is 1.97. The van der Waals surface area contributed by atoms with Crippen LogP contribution in [0.15, 0.2) is 0 Å². The van der Waals surface area contributed by atoms with Gasteiger partial charge in [-0.3, -0.25) is 9.59 Å². The first-order valence-electron chi connectivity index (χ1n) is 8.99. The van der Waals surface area contributed by atoms with Crippen molar-refractivity contribution in [2.75, 3.05) is 19.6 Å². The van der Waals surface area contributed by atoms with E-state index in [4.69, 9.17) is 0 Å². The van der Waals surface area contributed by atoms with Crippen LogP contribution in [0, 0.1) is 5.92 Å². The molecule has 1 heterocycles. The SMILES string of the molecule is CCCCNC(=O)C1(NC(=O)C2CCCNC2)CCCCC1. The van der Waals surface area contributed by atoms with Crippen molar-refractivity contribution in [2.45, 2.75) is 70.3 Å². The Morgan fingerprint density at radius 1 is 1.18 bits per heavy atom. The molecule has 2 amide bonds. The van der Waals surface area contributed by atoms with Crippen molar-refractivity contribution in [1.29, 1.82) is 0 Å². The molecule has 1 unspecified atom stereocenters. The van der Waals surface area contributed by atoms with Crippen LogP contribution in [-0.2, 0) is 9.59 Å². The van der Waals surface area contributed by atoms with Gasteiger partial charge in [-0.2, -0.15) is 0 Å². The van der Waals surface area contributed by atoms with Crippen molar-refractivity contribution >= 4 is 11.8 Å². The Morgan fingerprint density at radius 3 is 2.59 bits per heavy atom. The number of hydrogen-bond donors (Lipinski definition) is 3. The lowest BCUT2D eigenvalue weighted by Crippen LogP contribution is -2.61. The molecule has 5 nitrogen and oxygen atoms in total. The van der Waals surface area contributed by atoms with Crippen LogP contribution in [0.2, 0.25) is 0 Å². The number of carbonyl (C=O) groups excluding carboxylic acids is 2. The molecule has 0 aromatic rings. The van der Waals surface area contributed by atoms with E-state index >= 15 is 0 Å². The highest BCUT2D eigenvalue weighted by Gasteiger charge is 2.41. The Kier molecular flexibility index (Phi) is 6.68. The van der Waals surface area contributed by atoms with Gasteiger partial charge in [0.15, 0.2) is 0 Å². The van der Waals surface area contributed by atoms with E-state index in [9.17, 15) is 9.59 Å². The van der Waals surface area contributed by atoms with E-state index in [1.165, 1.54) is 0 Å². The van der Waals surface area contributed by atoms with Gasteiger partial charge in [-0.1, -0.05) is 32.6 Å². The van der Waals surface area contributed by atoms with Gasteiger partial charge in [0.25, 0.3) is 0 Å². The van der Waals surface area contributed by atoms with E-state index in [1.807, 2.05) is 0 Å². The zero-order valence-corrected chi connectivity index (χ0v) is 13.9. The second-order valence-electron chi connectivity index (χ2n) is 6.78. The monoisotopic (exact) mass is 309 g/mol. The lowest BCUT2D eigenvalue weighted by atomic mass is 9.80. The van der Waals surface area contributed by atoms with Gasteiger partial charge < -0.3 is 16.0 Å². The summed E-state index contributed by atoms with van der Waals surface area (Å²) in [5.74, 6) is 0.0912. The first-order chi connectivity index (χ1) is 10.7. The number of nitrogens with one attached hydrogen (secondary N) is 3. The predicted molar refractivity (Wildman–Crippen MR) is 87.5 cm³/mol. The second kappa shape index (κ2) is 8.51. The number of unbranched alkanes of at least 4 members (excludes halogenated alkanes) is 1. The fraction of sp³-hybridized carbons (Fsp3) is 0.882. The summed E-state index contributed by atoms with van der Waals surface area (Å²) in [7, 11) is 0. The zero-order valence-electron chi connectivity index (χ0n) is 13.9. The molecule has 1 aliphatic heterocycles. The van der Waals surface area contributed by atoms with Crippen molar-refractivity contribution in [1.82, 2.24) is 16.0 Å². The lowest BCUT2D eigenvalue weighted by molar-refractivity contribution is -0.137. The first kappa shape index (κ1) is 17.3. The Labute approximate surface area is 134 Å². The third-order valence-corrected chi connectivity index (χ3v) is 4.99. The fourth-order valence-corrected chi connectivity index (χ4v) is 3.53.